The molecular formula is C22H36N6O4S. The number of benzene rings is 1. The van der Waals surface area contributed by atoms with Gasteiger partial charge in [-0.2, -0.15) is 4.31 Å². The van der Waals surface area contributed by atoms with Gasteiger partial charge in [0.1, 0.15) is 18.0 Å². The normalized spacial score (nSPS) is 31.4. The third-order valence-electron chi connectivity index (χ3n) is 6.54. The summed E-state index contributed by atoms with van der Waals surface area (Å²) in [6.45, 7) is 2.49. The van der Waals surface area contributed by atoms with Crippen molar-refractivity contribution in [3.63, 3.8) is 0 Å². The van der Waals surface area contributed by atoms with Gasteiger partial charge in [-0.15, -0.1) is 0 Å². The quantitative estimate of drug-likeness (QED) is 0.501. The van der Waals surface area contributed by atoms with Gasteiger partial charge in [0.25, 0.3) is 0 Å². The smallest absolute Gasteiger partial charge is 0.243 e. The number of sulfonamides is 1. The Hall–Kier alpha value is -1.76. The highest BCUT2D eigenvalue weighted by atomic mass is 32.2. The molecule has 0 radical (unpaired) electrons. The Bertz CT molecular complexity index is 1060. The lowest BCUT2D eigenvalue weighted by molar-refractivity contribution is -0.129. The maximum absolute atomic E-state index is 13.5. The molecule has 0 aliphatic carbocycles. The van der Waals surface area contributed by atoms with Crippen LogP contribution in [0.25, 0.3) is 0 Å². The number of carbonyl (C=O) groups excluding carboxylic acids is 1. The van der Waals surface area contributed by atoms with E-state index in [2.05, 4.69) is 23.0 Å². The molecule has 1 aromatic carbocycles. The summed E-state index contributed by atoms with van der Waals surface area (Å²) >= 11 is 0. The second-order valence-electron chi connectivity index (χ2n) is 8.74. The maximum atomic E-state index is 13.5. The Morgan fingerprint density at radius 3 is 2.64 bits per heavy atom. The molecule has 0 saturated carbocycles. The van der Waals surface area contributed by atoms with Crippen LogP contribution in [-0.2, 0) is 14.8 Å². The summed E-state index contributed by atoms with van der Waals surface area (Å²) in [7, 11) is -2.03. The number of piperazine rings is 1. The molecule has 184 valence electrons. The fraction of sp³-hybridized carbons (Fsp3) is 0.682. The van der Waals surface area contributed by atoms with Crippen molar-refractivity contribution in [3.8, 4) is 5.75 Å². The van der Waals surface area contributed by atoms with Gasteiger partial charge in [-0.1, -0.05) is 13.3 Å². The van der Waals surface area contributed by atoms with Crippen LogP contribution >= 0.6 is 0 Å². The fourth-order valence-corrected chi connectivity index (χ4v) is 6.35. The van der Waals surface area contributed by atoms with Crippen LogP contribution < -0.4 is 20.8 Å². The van der Waals surface area contributed by atoms with Gasteiger partial charge in [0.15, 0.2) is 0 Å². The van der Waals surface area contributed by atoms with E-state index < -0.39 is 23.2 Å². The zero-order chi connectivity index (χ0) is 26.3. The van der Waals surface area contributed by atoms with Crippen molar-refractivity contribution >= 4 is 15.9 Å². The lowest BCUT2D eigenvalue weighted by Gasteiger charge is -2.37. The molecule has 3 fully saturated rings. The van der Waals surface area contributed by atoms with Crippen LogP contribution in [0.4, 0.5) is 0 Å². The van der Waals surface area contributed by atoms with E-state index in [-0.39, 0.29) is 55.1 Å². The number of carbonyl (C=O) groups is 1. The lowest BCUT2D eigenvalue weighted by atomic mass is 9.94. The van der Waals surface area contributed by atoms with Crippen LogP contribution in [0, 0.1) is 0 Å². The van der Waals surface area contributed by atoms with Crippen molar-refractivity contribution in [2.45, 2.75) is 55.9 Å². The predicted molar refractivity (Wildman–Crippen MR) is 125 cm³/mol. The standard InChI is InChI=1S/C22H36N6O4S/c1-5-7-17-19-20(27(4)25-17)22(29)24-21(23-19)16-14-15(8-9-18(16)32-6-2)33(30,31)28-12-10-26(3)11-13-28/h8-9,14,17,19-21,23,25H,5-7,10-13H2,1-4H3,(H,24,29)/i3D3. The number of ether oxygens (including phenoxy) is 1. The number of amides is 1. The molecule has 0 spiro atoms. The molecule has 4 rings (SSSR count). The average Bonchev–Trinajstić information content (AvgIpc) is 3.14. The number of rotatable bonds is 7. The number of hydrogen-bond donors (Lipinski definition) is 3. The minimum atomic E-state index is -3.88. The average molecular weight is 484 g/mol. The molecule has 3 aliphatic heterocycles. The van der Waals surface area contributed by atoms with Crippen molar-refractivity contribution in [3.05, 3.63) is 23.8 Å². The zero-order valence-electron chi connectivity index (χ0n) is 22.4. The van der Waals surface area contributed by atoms with E-state index in [4.69, 9.17) is 8.85 Å². The van der Waals surface area contributed by atoms with E-state index in [0.29, 0.717) is 17.9 Å². The third-order valence-corrected chi connectivity index (χ3v) is 8.44. The second kappa shape index (κ2) is 9.85. The van der Waals surface area contributed by atoms with Gasteiger partial charge in [0.05, 0.1) is 17.5 Å². The van der Waals surface area contributed by atoms with Gasteiger partial charge in [-0.3, -0.25) is 10.1 Å². The van der Waals surface area contributed by atoms with E-state index in [9.17, 15) is 13.2 Å². The first-order chi connectivity index (χ1) is 17.0. The largest absolute Gasteiger partial charge is 0.493 e. The minimum absolute atomic E-state index is 0.0653. The van der Waals surface area contributed by atoms with Crippen LogP contribution in [0.2, 0.25) is 0 Å². The summed E-state index contributed by atoms with van der Waals surface area (Å²) in [4.78, 5) is 14.5. The van der Waals surface area contributed by atoms with Crippen molar-refractivity contribution < 1.29 is 22.1 Å². The number of nitrogens with one attached hydrogen (secondary N) is 3. The van der Waals surface area contributed by atoms with Crippen LogP contribution in [-0.4, -0.2) is 93.5 Å². The highest BCUT2D eigenvalue weighted by Gasteiger charge is 2.48. The fourth-order valence-electron chi connectivity index (χ4n) is 4.89. The van der Waals surface area contributed by atoms with Gasteiger partial charge in [-0.25, -0.2) is 18.9 Å². The molecule has 3 N–H and O–H groups in total. The Morgan fingerprint density at radius 1 is 1.21 bits per heavy atom. The summed E-state index contributed by atoms with van der Waals surface area (Å²) in [6, 6.07) is 4.20. The van der Waals surface area contributed by atoms with Gasteiger partial charge in [0, 0.05) is 48.9 Å². The summed E-state index contributed by atoms with van der Waals surface area (Å²) in [5.41, 5.74) is 3.90. The minimum Gasteiger partial charge on any atom is -0.493 e. The Morgan fingerprint density at radius 2 is 1.97 bits per heavy atom. The van der Waals surface area contributed by atoms with E-state index in [1.807, 2.05) is 19.0 Å². The summed E-state index contributed by atoms with van der Waals surface area (Å²) in [6.07, 6.45) is 1.21. The molecule has 3 heterocycles. The maximum Gasteiger partial charge on any atom is 0.243 e. The first kappa shape index (κ1) is 20.6. The van der Waals surface area contributed by atoms with Gasteiger partial charge in [-0.05, 0) is 38.5 Å². The molecule has 3 aliphatic rings. The van der Waals surface area contributed by atoms with E-state index in [0.717, 1.165) is 12.8 Å². The van der Waals surface area contributed by atoms with E-state index in [1.54, 1.807) is 12.1 Å². The monoisotopic (exact) mass is 483 g/mol. The number of likely N-dealkylation sites (N-methyl/N-ethyl adjacent to an activating group) is 2. The molecule has 11 heteroatoms. The molecule has 1 amide bonds. The topological polar surface area (TPSA) is 106 Å². The molecule has 10 nitrogen and oxygen atoms in total. The SMILES string of the molecule is [2H]C([2H])([2H])N1CCN(S(=O)(=O)c2ccc(OCC)c(C3NC(=O)C4C(N3)C(CCC)NN4C)c2)CC1. The van der Waals surface area contributed by atoms with Crippen molar-refractivity contribution in [2.75, 3.05) is 46.8 Å². The summed E-state index contributed by atoms with van der Waals surface area (Å²) in [5.74, 6) is 0.347. The number of fused-ring (bicyclic) bond motifs is 1. The Labute approximate surface area is 200 Å². The van der Waals surface area contributed by atoms with Crippen LogP contribution in [0.15, 0.2) is 23.1 Å². The molecule has 0 aromatic heterocycles. The molecule has 0 bridgehead atoms. The van der Waals surface area contributed by atoms with Crippen molar-refractivity contribution in [1.82, 2.24) is 30.3 Å². The molecule has 3 saturated heterocycles. The summed E-state index contributed by atoms with van der Waals surface area (Å²) < 4.78 is 56.8. The number of hydrazine groups is 1. The van der Waals surface area contributed by atoms with Crippen molar-refractivity contribution in [1.29, 1.82) is 0 Å². The first-order valence-corrected chi connectivity index (χ1v) is 13.0. The van der Waals surface area contributed by atoms with Crippen molar-refractivity contribution in [2.24, 2.45) is 0 Å². The van der Waals surface area contributed by atoms with E-state index >= 15 is 0 Å². The molecule has 4 unspecified atom stereocenters. The number of nitrogens with zero attached hydrogens (tertiary/aromatic N) is 3. The van der Waals surface area contributed by atoms with Gasteiger partial charge >= 0.3 is 0 Å². The van der Waals surface area contributed by atoms with Gasteiger partial charge < -0.3 is 15.0 Å². The molecule has 1 aromatic rings. The first-order valence-electron chi connectivity index (χ1n) is 13.0. The molecular weight excluding hydrogens is 444 g/mol. The Balaban J connectivity index is 1.61. The number of hydrogen-bond acceptors (Lipinski definition) is 8. The lowest BCUT2D eigenvalue weighted by Crippen LogP contribution is -2.62. The van der Waals surface area contributed by atoms with Gasteiger partial charge in [0.2, 0.25) is 15.9 Å². The second-order valence-corrected chi connectivity index (χ2v) is 10.7. The van der Waals surface area contributed by atoms with E-state index in [1.165, 1.54) is 15.3 Å². The van der Waals surface area contributed by atoms with Crippen LogP contribution in [0.1, 0.15) is 42.5 Å². The highest BCUT2D eigenvalue weighted by Crippen LogP contribution is 2.33. The summed E-state index contributed by atoms with van der Waals surface area (Å²) in [5, 5.41) is 8.33. The molecule has 4 atom stereocenters. The highest BCUT2D eigenvalue weighted by molar-refractivity contribution is 7.89. The predicted octanol–water partition coefficient (Wildman–Crippen LogP) is 0.0953. The third kappa shape index (κ3) is 4.75. The zero-order valence-corrected chi connectivity index (χ0v) is 20.2. The Kier molecular flexibility index (Phi) is 6.15. The van der Waals surface area contributed by atoms with Crippen LogP contribution in [0.3, 0.4) is 0 Å². The van der Waals surface area contributed by atoms with Crippen LogP contribution in [0.5, 0.6) is 5.75 Å². The molecule has 33 heavy (non-hydrogen) atoms.